The zero-order chi connectivity index (χ0) is 21.8. The molecule has 0 spiro atoms. The minimum Gasteiger partial charge on any atom is -0.441 e. The lowest BCUT2D eigenvalue weighted by atomic mass is 9.90. The van der Waals surface area contributed by atoms with Crippen LogP contribution in [0.25, 0.3) is 33.7 Å². The molecule has 2 heterocycles. The van der Waals surface area contributed by atoms with E-state index in [0.29, 0.717) is 34.0 Å². The highest BCUT2D eigenvalue weighted by Gasteiger charge is 2.42. The number of nitrogens with zero attached hydrogens (tertiary/aromatic N) is 2. The van der Waals surface area contributed by atoms with Crippen LogP contribution in [0.5, 0.6) is 0 Å². The first-order chi connectivity index (χ1) is 14.8. The number of aromatic nitrogens is 2. The number of hydrogen-bond donors (Lipinski definition) is 0. The van der Waals surface area contributed by atoms with E-state index in [1.807, 2.05) is 31.2 Å². The van der Waals surface area contributed by atoms with E-state index < -0.39 is 12.1 Å². The molecule has 3 aromatic carbocycles. The van der Waals surface area contributed by atoms with E-state index in [9.17, 15) is 13.2 Å². The summed E-state index contributed by atoms with van der Waals surface area (Å²) in [6.45, 7) is 3.63. The van der Waals surface area contributed by atoms with Crippen molar-refractivity contribution in [1.82, 2.24) is 9.97 Å². The van der Waals surface area contributed by atoms with Crippen LogP contribution >= 0.6 is 0 Å². The Morgan fingerprint density at radius 2 is 1.32 bits per heavy atom. The monoisotopic (exact) mass is 422 g/mol. The molecule has 7 heteroatoms. The van der Waals surface area contributed by atoms with E-state index >= 15 is 0 Å². The molecule has 1 atom stereocenters. The molecule has 0 N–H and O–H groups in total. The molecule has 0 radical (unpaired) electrons. The second-order valence-corrected chi connectivity index (χ2v) is 7.55. The fraction of sp³-hybridized carbons (Fsp3) is 0.167. The molecular weight excluding hydrogens is 405 g/mol. The van der Waals surface area contributed by atoms with E-state index in [-0.39, 0.29) is 11.1 Å². The van der Waals surface area contributed by atoms with Crippen molar-refractivity contribution in [1.29, 1.82) is 0 Å². The predicted molar refractivity (Wildman–Crippen MR) is 111 cm³/mol. The Bertz CT molecular complexity index is 1400. The summed E-state index contributed by atoms with van der Waals surface area (Å²) in [6.07, 6.45) is -4.50. The molecular formula is C24H17F3N2O2. The maximum Gasteiger partial charge on any atom is 0.399 e. The topological polar surface area (TPSA) is 52.1 Å². The highest BCUT2D eigenvalue weighted by molar-refractivity contribution is 5.78. The van der Waals surface area contributed by atoms with Crippen molar-refractivity contribution in [2.45, 2.75) is 25.9 Å². The van der Waals surface area contributed by atoms with Crippen molar-refractivity contribution in [3.63, 3.8) is 0 Å². The maximum absolute atomic E-state index is 14.1. The number of rotatable bonds is 3. The van der Waals surface area contributed by atoms with Crippen LogP contribution in [0.15, 0.2) is 69.5 Å². The van der Waals surface area contributed by atoms with E-state index in [0.717, 1.165) is 11.1 Å². The Hall–Kier alpha value is -3.61. The van der Waals surface area contributed by atoms with Crippen LogP contribution in [0.1, 0.15) is 28.5 Å². The summed E-state index contributed by atoms with van der Waals surface area (Å²) >= 11 is 0. The van der Waals surface area contributed by atoms with Crippen LogP contribution in [0.4, 0.5) is 13.2 Å². The lowest BCUT2D eigenvalue weighted by molar-refractivity contribution is -0.141. The summed E-state index contributed by atoms with van der Waals surface area (Å²) < 4.78 is 53.5. The van der Waals surface area contributed by atoms with Gasteiger partial charge in [0.05, 0.1) is 0 Å². The lowest BCUT2D eigenvalue weighted by Crippen LogP contribution is -2.22. The van der Waals surface area contributed by atoms with Crippen molar-refractivity contribution in [2.24, 2.45) is 0 Å². The van der Waals surface area contributed by atoms with Crippen LogP contribution in [-0.2, 0) is 0 Å². The molecule has 0 amide bonds. The number of alkyl halides is 3. The van der Waals surface area contributed by atoms with Gasteiger partial charge in [-0.1, -0.05) is 29.8 Å². The van der Waals surface area contributed by atoms with Crippen molar-refractivity contribution < 1.29 is 22.0 Å². The van der Waals surface area contributed by atoms with Crippen molar-refractivity contribution in [3.8, 4) is 11.5 Å². The molecule has 0 fully saturated rings. The standard InChI is InChI=1S/C24H17F3N2O2/c1-13-3-5-15(6-4-13)23-29-19-12-17(8-10-21(19)31-23)22(24(25,26)27)16-7-9-20-18(11-16)28-14(2)30-20/h3-12,22H,1-2H3. The van der Waals surface area contributed by atoms with Crippen LogP contribution < -0.4 is 0 Å². The van der Waals surface area contributed by atoms with Gasteiger partial charge >= 0.3 is 6.18 Å². The van der Waals surface area contributed by atoms with E-state index in [1.54, 1.807) is 6.92 Å². The molecule has 31 heavy (non-hydrogen) atoms. The third kappa shape index (κ3) is 3.56. The summed E-state index contributed by atoms with van der Waals surface area (Å²) in [7, 11) is 0. The summed E-state index contributed by atoms with van der Waals surface area (Å²) in [5.74, 6) is -1.05. The summed E-state index contributed by atoms with van der Waals surface area (Å²) in [6, 6.07) is 16.4. The molecule has 156 valence electrons. The molecule has 0 bridgehead atoms. The molecule has 4 nitrogen and oxygen atoms in total. The Morgan fingerprint density at radius 1 is 0.742 bits per heavy atom. The van der Waals surface area contributed by atoms with Gasteiger partial charge in [-0.3, -0.25) is 0 Å². The predicted octanol–water partition coefficient (Wildman–Crippen LogP) is 6.95. The van der Waals surface area contributed by atoms with E-state index in [2.05, 4.69) is 9.97 Å². The molecule has 2 aromatic heterocycles. The smallest absolute Gasteiger partial charge is 0.399 e. The Kier molecular flexibility index (Phi) is 4.36. The number of halogens is 3. The van der Waals surface area contributed by atoms with Gasteiger partial charge < -0.3 is 8.83 Å². The Morgan fingerprint density at radius 3 is 1.94 bits per heavy atom. The lowest BCUT2D eigenvalue weighted by Gasteiger charge is -2.21. The molecule has 5 rings (SSSR count). The third-order valence-corrected chi connectivity index (χ3v) is 5.22. The van der Waals surface area contributed by atoms with Gasteiger partial charge in [-0.05, 0) is 54.4 Å². The fourth-order valence-electron chi connectivity index (χ4n) is 3.75. The first kappa shape index (κ1) is 19.4. The molecule has 0 aliphatic rings. The largest absolute Gasteiger partial charge is 0.441 e. The average molecular weight is 422 g/mol. The number of aryl methyl sites for hydroxylation is 2. The number of hydrogen-bond acceptors (Lipinski definition) is 4. The summed E-state index contributed by atoms with van der Waals surface area (Å²) in [4.78, 5) is 8.59. The number of oxazole rings is 2. The fourth-order valence-corrected chi connectivity index (χ4v) is 3.75. The van der Waals surface area contributed by atoms with Crippen LogP contribution in [0.2, 0.25) is 0 Å². The zero-order valence-electron chi connectivity index (χ0n) is 16.7. The van der Waals surface area contributed by atoms with E-state index in [1.165, 1.54) is 36.4 Å². The van der Waals surface area contributed by atoms with Crippen molar-refractivity contribution in [3.05, 3.63) is 83.2 Å². The van der Waals surface area contributed by atoms with Gasteiger partial charge in [-0.2, -0.15) is 13.2 Å². The SMILES string of the molecule is Cc1ccc(-c2nc3cc(C(c4ccc5oc(C)nc5c4)C(F)(F)F)ccc3o2)cc1. The van der Waals surface area contributed by atoms with Gasteiger partial charge in [0, 0.05) is 12.5 Å². The van der Waals surface area contributed by atoms with Crippen molar-refractivity contribution in [2.75, 3.05) is 0 Å². The molecule has 1 unspecified atom stereocenters. The molecule has 0 saturated heterocycles. The Balaban J connectivity index is 1.60. The average Bonchev–Trinajstić information content (AvgIpc) is 3.29. The van der Waals surface area contributed by atoms with Gasteiger partial charge in [-0.25, -0.2) is 9.97 Å². The second-order valence-electron chi connectivity index (χ2n) is 7.55. The normalized spacial score (nSPS) is 13.2. The summed E-state index contributed by atoms with van der Waals surface area (Å²) in [5, 5.41) is 0. The van der Waals surface area contributed by atoms with Gasteiger partial charge in [0.15, 0.2) is 17.1 Å². The molecule has 5 aromatic rings. The highest BCUT2D eigenvalue weighted by Crippen LogP contribution is 2.42. The first-order valence-corrected chi connectivity index (χ1v) is 9.69. The minimum absolute atomic E-state index is 0.0864. The van der Waals surface area contributed by atoms with Gasteiger partial charge in [-0.15, -0.1) is 0 Å². The van der Waals surface area contributed by atoms with Crippen LogP contribution in [-0.4, -0.2) is 16.1 Å². The van der Waals surface area contributed by atoms with Gasteiger partial charge in [0.25, 0.3) is 0 Å². The molecule has 0 saturated carbocycles. The second kappa shape index (κ2) is 6.97. The van der Waals surface area contributed by atoms with Crippen LogP contribution in [0.3, 0.4) is 0 Å². The zero-order valence-corrected chi connectivity index (χ0v) is 16.7. The summed E-state index contributed by atoms with van der Waals surface area (Å²) in [5.41, 5.74) is 3.70. The maximum atomic E-state index is 14.1. The Labute approximate surface area is 175 Å². The van der Waals surface area contributed by atoms with Gasteiger partial charge in [0.2, 0.25) is 5.89 Å². The van der Waals surface area contributed by atoms with Crippen LogP contribution in [0, 0.1) is 13.8 Å². The van der Waals surface area contributed by atoms with E-state index in [4.69, 9.17) is 8.83 Å². The minimum atomic E-state index is -4.50. The number of fused-ring (bicyclic) bond motifs is 2. The van der Waals surface area contributed by atoms with Gasteiger partial charge in [0.1, 0.15) is 17.0 Å². The molecule has 0 aliphatic heterocycles. The highest BCUT2D eigenvalue weighted by atomic mass is 19.4. The third-order valence-electron chi connectivity index (χ3n) is 5.22. The first-order valence-electron chi connectivity index (χ1n) is 9.69. The van der Waals surface area contributed by atoms with Crippen molar-refractivity contribution >= 4 is 22.2 Å². The quantitative estimate of drug-likeness (QED) is 0.316. The number of benzene rings is 3. The molecule has 0 aliphatic carbocycles.